The molecule has 0 bridgehead atoms. The molecule has 0 saturated heterocycles. The number of fused-ring (bicyclic) bond motifs is 1. The van der Waals surface area contributed by atoms with Gasteiger partial charge in [-0.05, 0) is 39.3 Å². The molecule has 146 valence electrons. The van der Waals surface area contributed by atoms with Crippen molar-refractivity contribution >= 4 is 23.0 Å². The highest BCUT2D eigenvalue weighted by atomic mass is 16.3. The van der Waals surface area contributed by atoms with Crippen molar-refractivity contribution < 1.29 is 5.11 Å². The Morgan fingerprint density at radius 2 is 2.07 bits per heavy atom. The predicted molar refractivity (Wildman–Crippen MR) is 109 cm³/mol. The number of nitrogens with two attached hydrogens (primary N) is 1. The molecule has 0 fully saturated rings. The van der Waals surface area contributed by atoms with Gasteiger partial charge >= 0.3 is 0 Å². The summed E-state index contributed by atoms with van der Waals surface area (Å²) in [6.07, 6.45) is 1.40. The maximum absolute atomic E-state index is 10.1. The first-order chi connectivity index (χ1) is 13.3. The van der Waals surface area contributed by atoms with Crippen LogP contribution in [0.2, 0.25) is 0 Å². The maximum Gasteiger partial charge on any atom is 0.268 e. The summed E-state index contributed by atoms with van der Waals surface area (Å²) >= 11 is 0. The van der Waals surface area contributed by atoms with Crippen LogP contribution < -0.4 is 11.1 Å². The standard InChI is InChI=1S/C20H25N7O/c1-6-14-12(2)26-27-17(21)16(22-5)18(25-19(14)27)23-11-10-13-8-7-9-15(24-13)20(3,4)28/h7-9,28H,6,10-11,21H2,1-4H3,(H,23,25). The second-order valence-electron chi connectivity index (χ2n) is 7.21. The van der Waals surface area contributed by atoms with E-state index in [2.05, 4.69) is 25.2 Å². The Kier molecular flexibility index (Phi) is 5.21. The summed E-state index contributed by atoms with van der Waals surface area (Å²) < 4.78 is 1.54. The quantitative estimate of drug-likeness (QED) is 0.569. The van der Waals surface area contributed by atoms with E-state index in [1.807, 2.05) is 26.0 Å². The van der Waals surface area contributed by atoms with E-state index in [4.69, 9.17) is 12.3 Å². The van der Waals surface area contributed by atoms with Gasteiger partial charge in [-0.2, -0.15) is 5.10 Å². The molecule has 8 nitrogen and oxygen atoms in total. The highest BCUT2D eigenvalue weighted by molar-refractivity contribution is 5.80. The molecule has 28 heavy (non-hydrogen) atoms. The Hall–Kier alpha value is -3.18. The second kappa shape index (κ2) is 7.44. The molecule has 0 aromatic carbocycles. The van der Waals surface area contributed by atoms with Crippen molar-refractivity contribution in [3.63, 3.8) is 0 Å². The van der Waals surface area contributed by atoms with Crippen LogP contribution >= 0.6 is 0 Å². The lowest BCUT2D eigenvalue weighted by Gasteiger charge is -2.17. The van der Waals surface area contributed by atoms with Gasteiger partial charge < -0.3 is 16.2 Å². The second-order valence-corrected chi connectivity index (χ2v) is 7.21. The number of nitrogens with zero attached hydrogens (tertiary/aromatic N) is 5. The fourth-order valence-corrected chi connectivity index (χ4v) is 3.13. The van der Waals surface area contributed by atoms with Crippen molar-refractivity contribution in [2.45, 2.75) is 46.1 Å². The zero-order valence-electron chi connectivity index (χ0n) is 16.6. The Morgan fingerprint density at radius 3 is 2.71 bits per heavy atom. The topological polar surface area (TPSA) is 106 Å². The average Bonchev–Trinajstić information content (AvgIpc) is 2.97. The molecule has 0 amide bonds. The molecule has 0 spiro atoms. The number of nitrogens with one attached hydrogen (secondary N) is 1. The summed E-state index contributed by atoms with van der Waals surface area (Å²) in [7, 11) is 0. The lowest BCUT2D eigenvalue weighted by atomic mass is 10.0. The fourth-order valence-electron chi connectivity index (χ4n) is 3.13. The van der Waals surface area contributed by atoms with Crippen LogP contribution in [0.15, 0.2) is 18.2 Å². The van der Waals surface area contributed by atoms with Gasteiger partial charge in [0.05, 0.1) is 18.0 Å². The Morgan fingerprint density at radius 1 is 1.32 bits per heavy atom. The van der Waals surface area contributed by atoms with Crippen molar-refractivity contribution in [1.82, 2.24) is 19.6 Å². The summed E-state index contributed by atoms with van der Waals surface area (Å²) in [5.41, 5.74) is 9.48. The van der Waals surface area contributed by atoms with Gasteiger partial charge in [-0.1, -0.05) is 13.0 Å². The van der Waals surface area contributed by atoms with Gasteiger partial charge in [0.15, 0.2) is 5.65 Å². The molecule has 8 heteroatoms. The molecule has 0 aliphatic carbocycles. The van der Waals surface area contributed by atoms with E-state index in [0.29, 0.717) is 30.1 Å². The van der Waals surface area contributed by atoms with Gasteiger partial charge in [-0.15, -0.1) is 0 Å². The fraction of sp³-hybridized carbons (Fsp3) is 0.400. The lowest BCUT2D eigenvalue weighted by molar-refractivity contribution is 0.0736. The number of anilines is 2. The smallest absolute Gasteiger partial charge is 0.268 e. The SMILES string of the molecule is [C-]#[N+]c1c(NCCc2cccc(C(C)(C)O)n2)nc2c(CC)c(C)nn2c1N. The number of aliphatic hydroxyl groups is 1. The molecule has 0 atom stereocenters. The minimum atomic E-state index is -0.988. The molecule has 4 N–H and O–H groups in total. The van der Waals surface area contributed by atoms with E-state index in [0.717, 1.165) is 23.4 Å². The molecule has 3 aromatic rings. The molecule has 3 aromatic heterocycles. The number of aryl methyl sites for hydroxylation is 2. The maximum atomic E-state index is 10.1. The van der Waals surface area contributed by atoms with Gasteiger partial charge in [-0.3, -0.25) is 4.98 Å². The van der Waals surface area contributed by atoms with Gasteiger partial charge in [0.25, 0.3) is 5.69 Å². The predicted octanol–water partition coefficient (Wildman–Crippen LogP) is 3.01. The summed E-state index contributed by atoms with van der Waals surface area (Å²) in [5, 5.41) is 17.8. The molecule has 0 radical (unpaired) electrons. The number of hydrogen-bond donors (Lipinski definition) is 3. The first-order valence-electron chi connectivity index (χ1n) is 9.24. The molecule has 0 unspecified atom stereocenters. The van der Waals surface area contributed by atoms with Gasteiger partial charge in [-0.25, -0.2) is 14.3 Å². The van der Waals surface area contributed by atoms with E-state index in [9.17, 15) is 5.11 Å². The van der Waals surface area contributed by atoms with E-state index in [-0.39, 0.29) is 11.5 Å². The van der Waals surface area contributed by atoms with Crippen molar-refractivity contribution in [1.29, 1.82) is 0 Å². The normalized spacial score (nSPS) is 11.6. The molecule has 0 aliphatic heterocycles. The molecule has 3 heterocycles. The van der Waals surface area contributed by atoms with Gasteiger partial charge in [0.1, 0.15) is 17.2 Å². The summed E-state index contributed by atoms with van der Waals surface area (Å²) in [5.74, 6) is 0.737. The lowest BCUT2D eigenvalue weighted by Crippen LogP contribution is -2.18. The highest BCUT2D eigenvalue weighted by Gasteiger charge is 2.19. The summed E-state index contributed by atoms with van der Waals surface area (Å²) in [4.78, 5) is 12.7. The summed E-state index contributed by atoms with van der Waals surface area (Å²) in [6, 6.07) is 5.59. The third-order valence-corrected chi connectivity index (χ3v) is 4.64. The van der Waals surface area contributed by atoms with Crippen molar-refractivity contribution in [2.24, 2.45) is 0 Å². The molecule has 0 aliphatic rings. The number of nitrogen functional groups attached to an aromatic ring is 1. The van der Waals surface area contributed by atoms with E-state index in [1.165, 1.54) is 0 Å². The van der Waals surface area contributed by atoms with E-state index >= 15 is 0 Å². The van der Waals surface area contributed by atoms with Crippen molar-refractivity contribution in [3.05, 3.63) is 52.3 Å². The monoisotopic (exact) mass is 379 g/mol. The minimum absolute atomic E-state index is 0.260. The van der Waals surface area contributed by atoms with Crippen LogP contribution in [0.5, 0.6) is 0 Å². The molecular formula is C20H25N7O. The zero-order chi connectivity index (χ0) is 20.5. The Labute approximate surface area is 164 Å². The summed E-state index contributed by atoms with van der Waals surface area (Å²) in [6.45, 7) is 15.4. The zero-order valence-corrected chi connectivity index (χ0v) is 16.6. The van der Waals surface area contributed by atoms with Crippen LogP contribution in [0.1, 0.15) is 43.4 Å². The van der Waals surface area contributed by atoms with Gasteiger partial charge in [0, 0.05) is 24.2 Å². The third kappa shape index (κ3) is 3.62. The average molecular weight is 379 g/mol. The minimum Gasteiger partial charge on any atom is -0.392 e. The highest BCUT2D eigenvalue weighted by Crippen LogP contribution is 2.32. The number of pyridine rings is 1. The number of aromatic nitrogens is 4. The van der Waals surface area contributed by atoms with E-state index in [1.54, 1.807) is 24.4 Å². The molecule has 0 saturated carbocycles. The molecule has 3 rings (SSSR count). The largest absolute Gasteiger partial charge is 0.392 e. The first-order valence-corrected chi connectivity index (χ1v) is 9.24. The molecular weight excluding hydrogens is 354 g/mol. The number of rotatable bonds is 6. The van der Waals surface area contributed by atoms with Crippen LogP contribution in [0, 0.1) is 13.5 Å². The van der Waals surface area contributed by atoms with Crippen LogP contribution in [-0.4, -0.2) is 31.2 Å². The van der Waals surface area contributed by atoms with Crippen LogP contribution in [0.3, 0.4) is 0 Å². The van der Waals surface area contributed by atoms with Gasteiger partial charge in [0.2, 0.25) is 0 Å². The number of hydrogen-bond acceptors (Lipinski definition) is 6. The Balaban J connectivity index is 1.86. The van der Waals surface area contributed by atoms with Crippen molar-refractivity contribution in [2.75, 3.05) is 17.6 Å². The van der Waals surface area contributed by atoms with Crippen molar-refractivity contribution in [3.8, 4) is 0 Å². The first kappa shape index (κ1) is 19.6. The van der Waals surface area contributed by atoms with Crippen LogP contribution in [0.25, 0.3) is 10.5 Å². The van der Waals surface area contributed by atoms with Crippen LogP contribution in [-0.2, 0) is 18.4 Å². The van der Waals surface area contributed by atoms with E-state index < -0.39 is 5.60 Å². The Bertz CT molecular complexity index is 1060. The van der Waals surface area contributed by atoms with Crippen LogP contribution in [0.4, 0.5) is 17.3 Å². The third-order valence-electron chi connectivity index (χ3n) is 4.64.